The largest absolute Gasteiger partial charge is 0.490 e. The van der Waals surface area contributed by atoms with Crippen molar-refractivity contribution < 1.29 is 9.47 Å². The lowest BCUT2D eigenvalue weighted by Gasteiger charge is -2.32. The van der Waals surface area contributed by atoms with E-state index in [1.807, 2.05) is 18.2 Å². The predicted molar refractivity (Wildman–Crippen MR) is 98.1 cm³/mol. The fraction of sp³-hybridized carbons (Fsp3) is 0.524. The van der Waals surface area contributed by atoms with Gasteiger partial charge in [-0.1, -0.05) is 57.2 Å². The number of benzene rings is 2. The van der Waals surface area contributed by atoms with Crippen molar-refractivity contribution >= 4 is 10.8 Å². The van der Waals surface area contributed by atoms with E-state index in [0.29, 0.717) is 6.61 Å². The number of rotatable bonds is 5. The summed E-state index contributed by atoms with van der Waals surface area (Å²) in [4.78, 5) is 0. The van der Waals surface area contributed by atoms with E-state index in [-0.39, 0.29) is 17.1 Å². The van der Waals surface area contributed by atoms with Crippen LogP contribution in [0.15, 0.2) is 42.5 Å². The summed E-state index contributed by atoms with van der Waals surface area (Å²) in [5, 5.41) is 2.36. The molecular formula is C21H30O2. The molecule has 0 saturated heterocycles. The molecule has 2 rings (SSSR count). The average Bonchev–Trinajstić information content (AvgIpc) is 2.41. The van der Waals surface area contributed by atoms with Gasteiger partial charge >= 0.3 is 0 Å². The summed E-state index contributed by atoms with van der Waals surface area (Å²) in [5.41, 5.74) is 0.0378. The Morgan fingerprint density at radius 1 is 0.870 bits per heavy atom. The molecule has 1 atom stereocenters. The Bertz CT molecular complexity index is 611. The van der Waals surface area contributed by atoms with Gasteiger partial charge < -0.3 is 9.47 Å². The fourth-order valence-electron chi connectivity index (χ4n) is 2.82. The maximum absolute atomic E-state index is 6.22. The molecule has 126 valence electrons. The van der Waals surface area contributed by atoms with Crippen LogP contribution in [0.5, 0.6) is 5.75 Å². The van der Waals surface area contributed by atoms with Crippen LogP contribution < -0.4 is 4.74 Å². The van der Waals surface area contributed by atoms with E-state index in [4.69, 9.17) is 9.47 Å². The van der Waals surface area contributed by atoms with Crippen LogP contribution in [0.4, 0.5) is 0 Å². The molecule has 2 aromatic rings. The SMILES string of the molecule is CC(C)(C)CC(COc1cccc2ccccc12)OC(C)(C)C. The van der Waals surface area contributed by atoms with E-state index in [1.165, 1.54) is 5.39 Å². The summed E-state index contributed by atoms with van der Waals surface area (Å²) in [6.07, 6.45) is 1.05. The first-order valence-electron chi connectivity index (χ1n) is 8.42. The standard InChI is InChI=1S/C21H30O2/c1-20(2,3)14-17(23-21(4,5)6)15-22-19-13-9-11-16-10-7-8-12-18(16)19/h7-13,17H,14-15H2,1-6H3. The van der Waals surface area contributed by atoms with Gasteiger partial charge in [0.2, 0.25) is 0 Å². The maximum atomic E-state index is 6.22. The third-order valence-corrected chi connectivity index (χ3v) is 3.53. The Kier molecular flexibility index (Phi) is 5.36. The Hall–Kier alpha value is -1.54. The molecule has 0 N–H and O–H groups in total. The molecule has 2 nitrogen and oxygen atoms in total. The average molecular weight is 314 g/mol. The quantitative estimate of drug-likeness (QED) is 0.690. The molecular weight excluding hydrogens is 284 g/mol. The Labute approximate surface area is 140 Å². The lowest BCUT2D eigenvalue weighted by molar-refractivity contribution is -0.0891. The van der Waals surface area contributed by atoms with Gasteiger partial charge in [0.1, 0.15) is 12.4 Å². The normalized spacial score (nSPS) is 14.0. The van der Waals surface area contributed by atoms with Gasteiger partial charge in [-0.2, -0.15) is 0 Å². The molecule has 0 radical (unpaired) electrons. The van der Waals surface area contributed by atoms with Crippen LogP contribution in [0.1, 0.15) is 48.0 Å². The summed E-state index contributed by atoms with van der Waals surface area (Å²) in [7, 11) is 0. The van der Waals surface area contributed by atoms with Gasteiger partial charge in [-0.25, -0.2) is 0 Å². The molecule has 0 saturated carbocycles. The highest BCUT2D eigenvalue weighted by Crippen LogP contribution is 2.28. The Morgan fingerprint density at radius 3 is 2.17 bits per heavy atom. The van der Waals surface area contributed by atoms with Gasteiger partial charge in [0.25, 0.3) is 0 Å². The molecule has 0 amide bonds. The molecule has 2 aromatic carbocycles. The first-order chi connectivity index (χ1) is 10.6. The van der Waals surface area contributed by atoms with E-state index in [9.17, 15) is 0 Å². The number of fused-ring (bicyclic) bond motifs is 1. The zero-order valence-corrected chi connectivity index (χ0v) is 15.3. The van der Waals surface area contributed by atoms with E-state index < -0.39 is 0 Å². The van der Waals surface area contributed by atoms with Crippen LogP contribution in [0, 0.1) is 5.41 Å². The van der Waals surface area contributed by atoms with Gasteiger partial charge in [0.15, 0.2) is 0 Å². The molecule has 0 aliphatic heterocycles. The van der Waals surface area contributed by atoms with Crippen LogP contribution in [-0.4, -0.2) is 18.3 Å². The second kappa shape index (κ2) is 6.92. The molecule has 2 heteroatoms. The molecule has 23 heavy (non-hydrogen) atoms. The van der Waals surface area contributed by atoms with Crippen molar-refractivity contribution in [1.82, 2.24) is 0 Å². The summed E-state index contributed by atoms with van der Waals surface area (Å²) in [6.45, 7) is 13.6. The van der Waals surface area contributed by atoms with Crippen LogP contribution in [0.3, 0.4) is 0 Å². The van der Waals surface area contributed by atoms with Crippen molar-refractivity contribution in [3.63, 3.8) is 0 Å². The highest BCUT2D eigenvalue weighted by atomic mass is 16.5. The molecule has 0 aliphatic rings. The minimum Gasteiger partial charge on any atom is -0.490 e. The minimum absolute atomic E-state index is 0.0777. The van der Waals surface area contributed by atoms with Crippen LogP contribution in [0.2, 0.25) is 0 Å². The van der Waals surface area contributed by atoms with Crippen molar-refractivity contribution in [2.24, 2.45) is 5.41 Å². The Balaban J connectivity index is 2.13. The van der Waals surface area contributed by atoms with Crippen molar-refractivity contribution in [2.45, 2.75) is 59.7 Å². The zero-order valence-electron chi connectivity index (χ0n) is 15.3. The first kappa shape index (κ1) is 17.8. The molecule has 0 heterocycles. The monoisotopic (exact) mass is 314 g/mol. The summed E-state index contributed by atoms with van der Waals surface area (Å²) >= 11 is 0. The predicted octanol–water partition coefficient (Wildman–Crippen LogP) is 5.84. The third kappa shape index (κ3) is 5.87. The van der Waals surface area contributed by atoms with E-state index in [1.54, 1.807) is 0 Å². The second-order valence-corrected chi connectivity index (χ2v) is 8.41. The van der Waals surface area contributed by atoms with Crippen LogP contribution in [-0.2, 0) is 4.74 Å². The molecule has 0 bridgehead atoms. The van der Waals surface area contributed by atoms with Crippen LogP contribution >= 0.6 is 0 Å². The first-order valence-corrected chi connectivity index (χ1v) is 8.42. The highest BCUT2D eigenvalue weighted by Gasteiger charge is 2.25. The molecule has 1 unspecified atom stereocenters. The lowest BCUT2D eigenvalue weighted by atomic mass is 9.89. The smallest absolute Gasteiger partial charge is 0.127 e. The highest BCUT2D eigenvalue weighted by molar-refractivity contribution is 5.88. The molecule has 0 aliphatic carbocycles. The third-order valence-electron chi connectivity index (χ3n) is 3.53. The van der Waals surface area contributed by atoms with Crippen molar-refractivity contribution in [1.29, 1.82) is 0 Å². The molecule has 0 fully saturated rings. The molecule has 0 spiro atoms. The van der Waals surface area contributed by atoms with Crippen LogP contribution in [0.25, 0.3) is 10.8 Å². The van der Waals surface area contributed by atoms with Gasteiger partial charge in [-0.15, -0.1) is 0 Å². The topological polar surface area (TPSA) is 18.5 Å². The van der Waals surface area contributed by atoms with Gasteiger partial charge in [0.05, 0.1) is 11.7 Å². The van der Waals surface area contributed by atoms with E-state index in [0.717, 1.165) is 17.6 Å². The van der Waals surface area contributed by atoms with Crippen molar-refractivity contribution in [2.75, 3.05) is 6.61 Å². The fourth-order valence-corrected chi connectivity index (χ4v) is 2.82. The number of hydrogen-bond acceptors (Lipinski definition) is 2. The number of ether oxygens (including phenoxy) is 2. The van der Waals surface area contributed by atoms with Gasteiger partial charge in [-0.3, -0.25) is 0 Å². The Morgan fingerprint density at radius 2 is 1.52 bits per heavy atom. The van der Waals surface area contributed by atoms with E-state index in [2.05, 4.69) is 65.8 Å². The van der Waals surface area contributed by atoms with E-state index >= 15 is 0 Å². The summed E-state index contributed by atoms with van der Waals surface area (Å²) in [5.74, 6) is 0.930. The lowest BCUT2D eigenvalue weighted by Crippen LogP contribution is -2.34. The van der Waals surface area contributed by atoms with Gasteiger partial charge in [0, 0.05) is 5.39 Å². The summed E-state index contributed by atoms with van der Waals surface area (Å²) < 4.78 is 12.4. The number of hydrogen-bond donors (Lipinski definition) is 0. The second-order valence-electron chi connectivity index (χ2n) is 8.41. The molecule has 0 aromatic heterocycles. The zero-order chi connectivity index (χ0) is 17.1. The van der Waals surface area contributed by atoms with Gasteiger partial charge in [-0.05, 0) is 44.1 Å². The van der Waals surface area contributed by atoms with Crippen molar-refractivity contribution in [3.8, 4) is 5.75 Å². The van der Waals surface area contributed by atoms with Crippen molar-refractivity contribution in [3.05, 3.63) is 42.5 Å². The minimum atomic E-state index is -0.169. The maximum Gasteiger partial charge on any atom is 0.127 e. The summed E-state index contributed by atoms with van der Waals surface area (Å²) in [6, 6.07) is 14.5.